The molecule has 0 atom stereocenters. The minimum Gasteiger partial charge on any atom is -0.456 e. The summed E-state index contributed by atoms with van der Waals surface area (Å²) in [6.45, 7) is 0. The quantitative estimate of drug-likeness (QED) is 0.185. The minimum absolute atomic E-state index is 0.620. The lowest BCUT2D eigenvalue weighted by Crippen LogP contribution is -2.01. The van der Waals surface area contributed by atoms with Crippen LogP contribution in [0.15, 0.2) is 162 Å². The highest BCUT2D eigenvalue weighted by Gasteiger charge is 2.19. The number of aryl methyl sites for hydroxylation is 1. The molecule has 10 rings (SSSR count). The van der Waals surface area contributed by atoms with Crippen LogP contribution in [0.3, 0.4) is 0 Å². The molecule has 0 radical (unpaired) electrons. The molecular weight excluding hydrogens is 623 g/mol. The lowest BCUT2D eigenvalue weighted by Gasteiger charge is -2.14. The third kappa shape index (κ3) is 5.20. The van der Waals surface area contributed by atoms with Gasteiger partial charge in [-0.05, 0) is 81.3 Å². The summed E-state index contributed by atoms with van der Waals surface area (Å²) < 4.78 is 6.27. The summed E-state index contributed by atoms with van der Waals surface area (Å²) >= 11 is 0. The molecule has 0 saturated heterocycles. The Bertz CT molecular complexity index is 2810. The molecule has 0 aliphatic heterocycles. The topological polar surface area (TPSA) is 51.8 Å². The summed E-state index contributed by atoms with van der Waals surface area (Å²) in [5.74, 6) is 1.88. The Morgan fingerprint density at radius 3 is 2.02 bits per heavy atom. The number of fused-ring (bicyclic) bond motifs is 5. The predicted octanol–water partition coefficient (Wildman–Crippen LogP) is 12.2. The Balaban J connectivity index is 1.14. The zero-order valence-electron chi connectivity index (χ0n) is 27.8. The first-order chi connectivity index (χ1) is 25.2. The summed E-state index contributed by atoms with van der Waals surface area (Å²) in [5.41, 5.74) is 11.7. The Kier molecular flexibility index (Phi) is 6.91. The van der Waals surface area contributed by atoms with Crippen LogP contribution in [0.1, 0.15) is 17.5 Å². The largest absolute Gasteiger partial charge is 0.456 e. The van der Waals surface area contributed by atoms with E-state index in [0.29, 0.717) is 17.5 Å². The van der Waals surface area contributed by atoms with Gasteiger partial charge in [-0.1, -0.05) is 140 Å². The van der Waals surface area contributed by atoms with Crippen LogP contribution in [0.2, 0.25) is 0 Å². The van der Waals surface area contributed by atoms with Gasteiger partial charge in [-0.15, -0.1) is 0 Å². The van der Waals surface area contributed by atoms with Crippen LogP contribution in [0.5, 0.6) is 0 Å². The molecular formula is C47H31N3O. The lowest BCUT2D eigenvalue weighted by atomic mass is 9.93. The number of hydrogen-bond donors (Lipinski definition) is 0. The summed E-state index contributed by atoms with van der Waals surface area (Å²) in [5, 5.41) is 4.48. The van der Waals surface area contributed by atoms with Crippen molar-refractivity contribution in [3.8, 4) is 56.4 Å². The second kappa shape index (κ2) is 12.0. The molecule has 2 aromatic heterocycles. The summed E-state index contributed by atoms with van der Waals surface area (Å²) in [7, 11) is 0. The SMILES string of the molecule is C1=Cc2cc(-c3ccc(-c4nc(-c5ccc6ccccc6c5)nc(-c5ccccc5-c5cccc6oc7ccccc7c56)n4)cc3)ccc2CC1. The molecule has 0 bridgehead atoms. The molecule has 0 saturated carbocycles. The van der Waals surface area contributed by atoms with Gasteiger partial charge in [0.15, 0.2) is 17.5 Å². The third-order valence-corrected chi connectivity index (χ3v) is 10.0. The van der Waals surface area contributed by atoms with Crippen molar-refractivity contribution >= 4 is 38.8 Å². The third-order valence-electron chi connectivity index (χ3n) is 10.0. The van der Waals surface area contributed by atoms with Crippen molar-refractivity contribution in [3.63, 3.8) is 0 Å². The van der Waals surface area contributed by atoms with E-state index in [1.165, 1.54) is 22.1 Å². The van der Waals surface area contributed by atoms with Crippen molar-refractivity contribution < 1.29 is 4.42 Å². The number of furan rings is 1. The zero-order valence-corrected chi connectivity index (χ0v) is 27.8. The minimum atomic E-state index is 0.620. The standard InChI is InChI=1S/C47H31N3O/c1-3-12-34-28-36(26-22-30(34)10-1)32-20-24-33(25-21-32)45-48-46(37-27-23-31-11-2-4-13-35(31)29-37)50-47(49-45)40-15-6-5-14-38(40)39-17-9-19-43-44(39)41-16-7-8-18-42(41)51-43/h2-9,11-29H,1,10H2. The van der Waals surface area contributed by atoms with Gasteiger partial charge in [0.2, 0.25) is 0 Å². The number of rotatable bonds is 5. The van der Waals surface area contributed by atoms with Gasteiger partial charge in [-0.3, -0.25) is 0 Å². The van der Waals surface area contributed by atoms with E-state index in [4.69, 9.17) is 19.4 Å². The van der Waals surface area contributed by atoms with E-state index in [1.807, 2.05) is 24.3 Å². The lowest BCUT2D eigenvalue weighted by molar-refractivity contribution is 0.669. The van der Waals surface area contributed by atoms with Crippen molar-refractivity contribution in [1.82, 2.24) is 15.0 Å². The number of allylic oxidation sites excluding steroid dienone is 1. The van der Waals surface area contributed by atoms with Gasteiger partial charge in [-0.2, -0.15) is 0 Å². The van der Waals surface area contributed by atoms with Gasteiger partial charge in [-0.25, -0.2) is 15.0 Å². The van der Waals surface area contributed by atoms with Gasteiger partial charge >= 0.3 is 0 Å². The first kappa shape index (κ1) is 29.3. The van der Waals surface area contributed by atoms with Gasteiger partial charge in [0.1, 0.15) is 11.2 Å². The van der Waals surface area contributed by atoms with E-state index in [2.05, 4.69) is 140 Å². The molecule has 0 spiro atoms. The first-order valence-corrected chi connectivity index (χ1v) is 17.4. The van der Waals surface area contributed by atoms with Crippen LogP contribution in [0.4, 0.5) is 0 Å². The molecule has 1 aliphatic rings. The second-order valence-electron chi connectivity index (χ2n) is 13.1. The number of hydrogen-bond acceptors (Lipinski definition) is 4. The van der Waals surface area contributed by atoms with E-state index < -0.39 is 0 Å². The van der Waals surface area contributed by atoms with Crippen LogP contribution in [0, 0.1) is 0 Å². The fourth-order valence-corrected chi connectivity index (χ4v) is 7.41. The average Bonchev–Trinajstić information content (AvgIpc) is 3.59. The van der Waals surface area contributed by atoms with Crippen LogP contribution in [0.25, 0.3) is 95.2 Å². The summed E-state index contributed by atoms with van der Waals surface area (Å²) in [6, 6.07) is 53.0. The monoisotopic (exact) mass is 653 g/mol. The number of benzene rings is 7. The summed E-state index contributed by atoms with van der Waals surface area (Å²) in [6.07, 6.45) is 6.71. The number of nitrogens with zero attached hydrogens (tertiary/aromatic N) is 3. The number of aromatic nitrogens is 3. The van der Waals surface area contributed by atoms with Crippen LogP contribution in [-0.4, -0.2) is 15.0 Å². The Morgan fingerprint density at radius 1 is 0.451 bits per heavy atom. The molecule has 4 heteroatoms. The molecule has 0 unspecified atom stereocenters. The molecule has 0 fully saturated rings. The van der Waals surface area contributed by atoms with E-state index >= 15 is 0 Å². The van der Waals surface area contributed by atoms with E-state index in [0.717, 1.165) is 73.5 Å². The molecule has 4 nitrogen and oxygen atoms in total. The van der Waals surface area contributed by atoms with Crippen LogP contribution < -0.4 is 0 Å². The second-order valence-corrected chi connectivity index (χ2v) is 13.1. The highest BCUT2D eigenvalue weighted by molar-refractivity contribution is 6.13. The smallest absolute Gasteiger partial charge is 0.164 e. The van der Waals surface area contributed by atoms with Crippen molar-refractivity contribution in [2.45, 2.75) is 12.8 Å². The molecule has 51 heavy (non-hydrogen) atoms. The van der Waals surface area contributed by atoms with Crippen LogP contribution >= 0.6 is 0 Å². The fourth-order valence-electron chi connectivity index (χ4n) is 7.41. The van der Waals surface area contributed by atoms with Crippen molar-refractivity contribution in [2.24, 2.45) is 0 Å². The van der Waals surface area contributed by atoms with E-state index in [1.54, 1.807) is 0 Å². The highest BCUT2D eigenvalue weighted by Crippen LogP contribution is 2.40. The van der Waals surface area contributed by atoms with E-state index in [9.17, 15) is 0 Å². The Hall–Kier alpha value is -6.65. The molecule has 9 aromatic rings. The van der Waals surface area contributed by atoms with Crippen molar-refractivity contribution in [2.75, 3.05) is 0 Å². The Morgan fingerprint density at radius 2 is 1.12 bits per heavy atom. The fraction of sp³-hybridized carbons (Fsp3) is 0.0426. The maximum atomic E-state index is 6.27. The van der Waals surface area contributed by atoms with Crippen molar-refractivity contribution in [3.05, 3.63) is 169 Å². The highest BCUT2D eigenvalue weighted by atomic mass is 16.3. The molecule has 0 amide bonds. The maximum absolute atomic E-state index is 6.27. The van der Waals surface area contributed by atoms with Crippen molar-refractivity contribution in [1.29, 1.82) is 0 Å². The summed E-state index contributed by atoms with van der Waals surface area (Å²) in [4.78, 5) is 15.5. The van der Waals surface area contributed by atoms with Gasteiger partial charge in [0.05, 0.1) is 0 Å². The normalized spacial score (nSPS) is 12.5. The average molecular weight is 654 g/mol. The first-order valence-electron chi connectivity index (χ1n) is 17.4. The molecule has 7 aromatic carbocycles. The predicted molar refractivity (Wildman–Crippen MR) is 209 cm³/mol. The van der Waals surface area contributed by atoms with Gasteiger partial charge in [0, 0.05) is 27.5 Å². The van der Waals surface area contributed by atoms with Gasteiger partial charge < -0.3 is 4.42 Å². The van der Waals surface area contributed by atoms with E-state index in [-0.39, 0.29) is 0 Å². The number of para-hydroxylation sites is 1. The maximum Gasteiger partial charge on any atom is 0.164 e. The molecule has 0 N–H and O–H groups in total. The molecule has 240 valence electrons. The Labute approximate surface area is 295 Å². The zero-order chi connectivity index (χ0) is 33.7. The van der Waals surface area contributed by atoms with Gasteiger partial charge in [0.25, 0.3) is 0 Å². The van der Waals surface area contributed by atoms with Crippen LogP contribution in [-0.2, 0) is 6.42 Å². The molecule has 2 heterocycles. The molecule has 1 aliphatic carbocycles.